The average molecular weight is 393 g/mol. The lowest BCUT2D eigenvalue weighted by molar-refractivity contribution is -0.144. The van der Waals surface area contributed by atoms with E-state index in [-0.39, 0.29) is 5.78 Å². The number of ketones is 1. The minimum Gasteiger partial charge on any atom is -0.465 e. The van der Waals surface area contributed by atoms with Gasteiger partial charge in [-0.15, -0.1) is 0 Å². The standard InChI is InChI=1S/C20H21ClO3.HOP/c1-3-4-13-24-20(23)18(15-10-6-5-7-11-15)19(22)17-14(2)9-8-12-16(17)21;1-2/h5-12,18H,3-4,13H2,1-2H3;2H. The normalized spacial score (nSPS) is 11.0. The second-order valence-corrected chi connectivity index (χ2v) is 6.07. The smallest absolute Gasteiger partial charge is 0.321 e. The van der Waals surface area contributed by atoms with Crippen molar-refractivity contribution in [1.29, 1.82) is 0 Å². The van der Waals surface area contributed by atoms with E-state index >= 15 is 0 Å². The van der Waals surface area contributed by atoms with Crippen LogP contribution in [0.5, 0.6) is 0 Å². The highest BCUT2D eigenvalue weighted by molar-refractivity contribution is 7.00. The second kappa shape index (κ2) is 11.6. The van der Waals surface area contributed by atoms with Gasteiger partial charge in [-0.2, -0.15) is 0 Å². The van der Waals surface area contributed by atoms with Crippen molar-refractivity contribution in [2.45, 2.75) is 32.6 Å². The molecule has 6 heteroatoms. The van der Waals surface area contributed by atoms with Gasteiger partial charge in [-0.25, -0.2) is 0 Å². The van der Waals surface area contributed by atoms with Gasteiger partial charge in [0.1, 0.15) is 15.0 Å². The number of carbonyl (C=O) groups is 2. The highest BCUT2D eigenvalue weighted by Gasteiger charge is 2.32. The van der Waals surface area contributed by atoms with Gasteiger partial charge in [0.2, 0.25) is 0 Å². The van der Waals surface area contributed by atoms with E-state index in [1.807, 2.05) is 26.0 Å². The summed E-state index contributed by atoms with van der Waals surface area (Å²) in [5.74, 6) is -1.86. The lowest BCUT2D eigenvalue weighted by Gasteiger charge is -2.17. The average Bonchev–Trinajstić information content (AvgIpc) is 2.64. The van der Waals surface area contributed by atoms with Gasteiger partial charge in [0, 0.05) is 5.56 Å². The maximum atomic E-state index is 13.1. The molecular weight excluding hydrogens is 371 g/mol. The molecule has 0 aromatic heterocycles. The van der Waals surface area contributed by atoms with Crippen molar-refractivity contribution in [1.82, 2.24) is 0 Å². The Morgan fingerprint density at radius 2 is 1.73 bits per heavy atom. The quantitative estimate of drug-likeness (QED) is 0.207. The van der Waals surface area contributed by atoms with E-state index in [4.69, 9.17) is 20.9 Å². The van der Waals surface area contributed by atoms with Crippen LogP contribution < -0.4 is 0 Å². The van der Waals surface area contributed by atoms with Crippen molar-refractivity contribution in [3.8, 4) is 0 Å². The van der Waals surface area contributed by atoms with Crippen molar-refractivity contribution in [2.75, 3.05) is 6.61 Å². The van der Waals surface area contributed by atoms with Crippen molar-refractivity contribution in [3.05, 3.63) is 70.2 Å². The number of carbonyl (C=O) groups excluding carboxylic acids is 2. The van der Waals surface area contributed by atoms with Crippen LogP contribution in [0.4, 0.5) is 0 Å². The molecule has 2 aromatic rings. The van der Waals surface area contributed by atoms with Gasteiger partial charge in [0.05, 0.1) is 11.6 Å². The Morgan fingerprint density at radius 1 is 1.08 bits per heavy atom. The molecule has 0 radical (unpaired) electrons. The number of hydrogen-bond acceptors (Lipinski definition) is 4. The third-order valence-corrected chi connectivity index (χ3v) is 4.16. The molecule has 4 nitrogen and oxygen atoms in total. The predicted octanol–water partition coefficient (Wildman–Crippen LogP) is 5.43. The lowest BCUT2D eigenvalue weighted by atomic mass is 9.89. The van der Waals surface area contributed by atoms with Gasteiger partial charge >= 0.3 is 5.97 Å². The molecule has 0 bridgehead atoms. The molecule has 0 aliphatic heterocycles. The van der Waals surface area contributed by atoms with Gasteiger partial charge in [-0.3, -0.25) is 14.2 Å². The van der Waals surface area contributed by atoms with Gasteiger partial charge in [0.15, 0.2) is 5.78 Å². The number of ether oxygens (including phenoxy) is 1. The first-order valence-corrected chi connectivity index (χ1v) is 9.06. The Hall–Kier alpha value is -2.03. The molecule has 26 heavy (non-hydrogen) atoms. The van der Waals surface area contributed by atoms with Gasteiger partial charge in [-0.1, -0.05) is 67.4 Å². The minimum absolute atomic E-state index is 0.313. The highest BCUT2D eigenvalue weighted by atomic mass is 35.5. The Kier molecular flexibility index (Phi) is 9.79. The fourth-order valence-corrected chi connectivity index (χ4v) is 2.84. The molecule has 0 amide bonds. The summed E-state index contributed by atoms with van der Waals surface area (Å²) in [6.45, 7) is 4.14. The summed E-state index contributed by atoms with van der Waals surface area (Å²) in [5.41, 5.74) is 1.73. The Labute approximate surface area is 161 Å². The minimum atomic E-state index is -0.998. The molecule has 138 valence electrons. The molecule has 0 aliphatic rings. The number of aryl methyl sites for hydroxylation is 1. The molecule has 0 saturated carbocycles. The number of Topliss-reactive ketones (excluding diaryl/α,β-unsaturated/α-hetero) is 1. The monoisotopic (exact) mass is 392 g/mol. The molecule has 1 unspecified atom stereocenters. The van der Waals surface area contributed by atoms with Gasteiger partial charge < -0.3 is 4.74 Å². The summed E-state index contributed by atoms with van der Waals surface area (Å²) >= 11 is 6.21. The third-order valence-electron chi connectivity index (χ3n) is 3.84. The lowest BCUT2D eigenvalue weighted by Crippen LogP contribution is -2.25. The van der Waals surface area contributed by atoms with E-state index < -0.39 is 11.9 Å². The van der Waals surface area contributed by atoms with E-state index in [2.05, 4.69) is 0 Å². The van der Waals surface area contributed by atoms with Crippen LogP contribution >= 0.6 is 20.7 Å². The van der Waals surface area contributed by atoms with Gasteiger partial charge in [0.25, 0.3) is 0 Å². The molecular formula is C20H22ClO4P. The first-order valence-electron chi connectivity index (χ1n) is 8.27. The summed E-state index contributed by atoms with van der Waals surface area (Å²) in [6.07, 6.45) is 1.69. The van der Waals surface area contributed by atoms with Crippen molar-refractivity contribution >= 4 is 32.5 Å². The van der Waals surface area contributed by atoms with Crippen LogP contribution in [0.15, 0.2) is 48.5 Å². The second-order valence-electron chi connectivity index (χ2n) is 5.66. The predicted molar refractivity (Wildman–Crippen MR) is 105 cm³/mol. The highest BCUT2D eigenvalue weighted by Crippen LogP contribution is 2.28. The van der Waals surface area contributed by atoms with E-state index in [9.17, 15) is 9.59 Å². The first kappa shape index (κ1) is 22.0. The molecule has 1 atom stereocenters. The van der Waals surface area contributed by atoms with Crippen LogP contribution in [-0.2, 0) is 14.1 Å². The molecule has 2 aromatic carbocycles. The number of rotatable bonds is 7. The van der Waals surface area contributed by atoms with Gasteiger partial charge in [-0.05, 0) is 30.5 Å². The summed E-state index contributed by atoms with van der Waals surface area (Å²) in [5, 5.41) is 0.349. The number of unbranched alkanes of at least 4 members (excludes halogenated alkanes) is 1. The molecule has 0 N–H and O–H groups in total. The number of esters is 1. The maximum Gasteiger partial charge on any atom is 0.321 e. The van der Waals surface area contributed by atoms with Crippen LogP contribution in [0.2, 0.25) is 5.02 Å². The van der Waals surface area contributed by atoms with Crippen molar-refractivity contribution in [2.24, 2.45) is 0 Å². The van der Waals surface area contributed by atoms with E-state index in [1.165, 1.54) is 0 Å². The Balaban J connectivity index is 0.00000163. The number of hydrogen-bond donors (Lipinski definition) is 0. The number of halogens is 1. The molecule has 0 fully saturated rings. The maximum absolute atomic E-state index is 13.1. The fraction of sp³-hybridized carbons (Fsp3) is 0.300. The summed E-state index contributed by atoms with van der Waals surface area (Å²) in [4.78, 5) is 25.6. The fourth-order valence-electron chi connectivity index (χ4n) is 2.53. The zero-order valence-electron chi connectivity index (χ0n) is 14.8. The summed E-state index contributed by atoms with van der Waals surface area (Å²) < 4.78 is 13.4. The molecule has 2 rings (SSSR count). The molecule has 0 spiro atoms. The first-order chi connectivity index (χ1) is 12.6. The number of benzene rings is 2. The van der Waals surface area contributed by atoms with Crippen molar-refractivity contribution in [3.63, 3.8) is 0 Å². The topological polar surface area (TPSA) is 60.4 Å². The third kappa shape index (κ3) is 5.76. The molecule has 0 saturated heterocycles. The van der Waals surface area contributed by atoms with E-state index in [1.54, 1.807) is 45.5 Å². The molecule has 0 heterocycles. The SMILES string of the molecule is CCCCOC(=O)C(C(=O)c1c(C)cccc1Cl)c1ccccc1.O=P. The van der Waals surface area contributed by atoms with Crippen LogP contribution in [0.25, 0.3) is 0 Å². The van der Waals surface area contributed by atoms with Crippen molar-refractivity contribution < 1.29 is 18.9 Å². The van der Waals surface area contributed by atoms with Crippen LogP contribution in [-0.4, -0.2) is 18.4 Å². The van der Waals surface area contributed by atoms with E-state index in [0.717, 1.165) is 18.4 Å². The Morgan fingerprint density at radius 3 is 2.31 bits per heavy atom. The van der Waals surface area contributed by atoms with Crippen LogP contribution in [0.3, 0.4) is 0 Å². The van der Waals surface area contributed by atoms with Crippen LogP contribution in [0.1, 0.15) is 47.2 Å². The molecule has 0 aliphatic carbocycles. The van der Waals surface area contributed by atoms with E-state index in [0.29, 0.717) is 22.8 Å². The summed E-state index contributed by atoms with van der Waals surface area (Å²) in [7, 11) is 1.72. The largest absolute Gasteiger partial charge is 0.465 e. The van der Waals surface area contributed by atoms with Crippen LogP contribution in [0, 0.1) is 6.92 Å². The zero-order chi connectivity index (χ0) is 19.5. The summed E-state index contributed by atoms with van der Waals surface area (Å²) in [6, 6.07) is 14.2. The zero-order valence-corrected chi connectivity index (χ0v) is 16.6. The Bertz CT molecular complexity index is 714.